The Morgan fingerprint density at radius 3 is 2.35 bits per heavy atom. The zero-order valence-electron chi connectivity index (χ0n) is 15.3. The summed E-state index contributed by atoms with van der Waals surface area (Å²) in [5.74, 6) is 1.52. The van der Waals surface area contributed by atoms with Gasteiger partial charge in [-0.2, -0.15) is 0 Å². The van der Waals surface area contributed by atoms with Gasteiger partial charge in [0.25, 0.3) is 0 Å². The second kappa shape index (κ2) is 15.4. The zero-order valence-corrected chi connectivity index (χ0v) is 17.6. The molecule has 0 bridgehead atoms. The van der Waals surface area contributed by atoms with Gasteiger partial charge in [-0.3, -0.25) is 4.99 Å². The van der Waals surface area contributed by atoms with Crippen LogP contribution in [0.3, 0.4) is 0 Å². The molecule has 1 aliphatic rings. The van der Waals surface area contributed by atoms with Gasteiger partial charge in [0.1, 0.15) is 0 Å². The summed E-state index contributed by atoms with van der Waals surface area (Å²) < 4.78 is 5.57. The van der Waals surface area contributed by atoms with Crippen molar-refractivity contribution in [3.8, 4) is 0 Å². The van der Waals surface area contributed by atoms with Crippen molar-refractivity contribution in [1.29, 1.82) is 0 Å². The zero-order chi connectivity index (χ0) is 16.0. The van der Waals surface area contributed by atoms with Gasteiger partial charge in [-0.05, 0) is 57.7 Å². The van der Waals surface area contributed by atoms with E-state index in [4.69, 9.17) is 4.74 Å². The molecule has 5 nitrogen and oxygen atoms in total. The molecule has 6 heteroatoms. The third-order valence-corrected chi connectivity index (χ3v) is 3.82. The average molecular weight is 440 g/mol. The minimum Gasteiger partial charge on any atom is -0.381 e. The van der Waals surface area contributed by atoms with Gasteiger partial charge in [-0.1, -0.05) is 13.8 Å². The summed E-state index contributed by atoms with van der Waals surface area (Å²) in [6.45, 7) is 11.8. The molecule has 0 unspecified atom stereocenters. The van der Waals surface area contributed by atoms with Crippen molar-refractivity contribution in [1.82, 2.24) is 15.5 Å². The summed E-state index contributed by atoms with van der Waals surface area (Å²) in [6.07, 6.45) is 6.26. The second-order valence-corrected chi connectivity index (χ2v) is 6.50. The van der Waals surface area contributed by atoms with Gasteiger partial charge in [-0.15, -0.1) is 24.0 Å². The molecule has 1 rings (SSSR count). The average Bonchev–Trinajstić information content (AvgIpc) is 3.01. The summed E-state index contributed by atoms with van der Waals surface area (Å²) in [7, 11) is 1.83. The van der Waals surface area contributed by atoms with E-state index in [2.05, 4.69) is 34.4 Å². The van der Waals surface area contributed by atoms with Gasteiger partial charge >= 0.3 is 0 Å². The number of aliphatic imine (C=N–C) groups is 1. The predicted molar refractivity (Wildman–Crippen MR) is 110 cm³/mol. The number of likely N-dealkylation sites (tertiary alicyclic amines) is 1. The molecule has 1 fully saturated rings. The second-order valence-electron chi connectivity index (χ2n) is 6.50. The van der Waals surface area contributed by atoms with E-state index in [1.165, 1.54) is 45.3 Å². The van der Waals surface area contributed by atoms with Crippen molar-refractivity contribution >= 4 is 29.9 Å². The molecule has 2 N–H and O–H groups in total. The van der Waals surface area contributed by atoms with Crippen molar-refractivity contribution < 1.29 is 4.74 Å². The minimum absolute atomic E-state index is 0. The minimum atomic E-state index is 0. The van der Waals surface area contributed by atoms with E-state index in [0.717, 1.165) is 38.7 Å². The van der Waals surface area contributed by atoms with E-state index >= 15 is 0 Å². The number of nitrogens with one attached hydrogen (secondary N) is 2. The van der Waals surface area contributed by atoms with Crippen LogP contribution in [0.2, 0.25) is 0 Å². The number of guanidine groups is 1. The van der Waals surface area contributed by atoms with Crippen molar-refractivity contribution in [2.75, 3.05) is 53.0 Å². The maximum absolute atomic E-state index is 5.57. The normalized spacial score (nSPS) is 15.7. The lowest BCUT2D eigenvalue weighted by Gasteiger charge is -2.15. The highest BCUT2D eigenvalue weighted by molar-refractivity contribution is 14.0. The van der Waals surface area contributed by atoms with Gasteiger partial charge in [0.15, 0.2) is 5.96 Å². The van der Waals surface area contributed by atoms with Crippen molar-refractivity contribution in [3.05, 3.63) is 0 Å². The van der Waals surface area contributed by atoms with Crippen LogP contribution in [0, 0.1) is 5.92 Å². The lowest BCUT2D eigenvalue weighted by Crippen LogP contribution is -2.38. The Kier molecular flexibility index (Phi) is 15.4. The van der Waals surface area contributed by atoms with Crippen LogP contribution in [0.25, 0.3) is 0 Å². The van der Waals surface area contributed by atoms with Gasteiger partial charge in [-0.25, -0.2) is 0 Å². The molecule has 0 amide bonds. The molecular weight excluding hydrogens is 403 g/mol. The standard InChI is InChI=1S/C17H36N4O.HI/c1-16(2)15-22-14-8-10-20-17(18-3)19-9-4-5-11-21-12-6-7-13-21;/h16H,4-15H2,1-3H3,(H2,18,19,20);1H. The Labute approximate surface area is 160 Å². The van der Waals surface area contributed by atoms with E-state index < -0.39 is 0 Å². The third kappa shape index (κ3) is 12.9. The molecule has 0 radical (unpaired) electrons. The fourth-order valence-electron chi connectivity index (χ4n) is 2.59. The Hall–Kier alpha value is -0.0800. The fourth-order valence-corrected chi connectivity index (χ4v) is 2.59. The lowest BCUT2D eigenvalue weighted by atomic mass is 10.2. The first-order valence-electron chi connectivity index (χ1n) is 8.97. The predicted octanol–water partition coefficient (Wildman–Crippen LogP) is 2.71. The van der Waals surface area contributed by atoms with Gasteiger partial charge in [0.2, 0.25) is 0 Å². The maximum atomic E-state index is 5.57. The number of unbranched alkanes of at least 4 members (excludes halogenated alkanes) is 1. The SMILES string of the molecule is CN=C(NCCCCN1CCCC1)NCCCOCC(C)C.I. The van der Waals surface area contributed by atoms with Gasteiger partial charge in [0.05, 0.1) is 0 Å². The smallest absolute Gasteiger partial charge is 0.190 e. The van der Waals surface area contributed by atoms with E-state index in [9.17, 15) is 0 Å². The molecule has 1 heterocycles. The van der Waals surface area contributed by atoms with Crippen molar-refractivity contribution in [3.63, 3.8) is 0 Å². The Morgan fingerprint density at radius 2 is 1.74 bits per heavy atom. The largest absolute Gasteiger partial charge is 0.381 e. The number of halogens is 1. The molecule has 0 saturated carbocycles. The summed E-state index contributed by atoms with van der Waals surface area (Å²) in [4.78, 5) is 6.83. The summed E-state index contributed by atoms with van der Waals surface area (Å²) in [5.41, 5.74) is 0. The highest BCUT2D eigenvalue weighted by atomic mass is 127. The molecule has 0 aromatic rings. The van der Waals surface area contributed by atoms with Crippen LogP contribution in [0.5, 0.6) is 0 Å². The van der Waals surface area contributed by atoms with Gasteiger partial charge < -0.3 is 20.3 Å². The fraction of sp³-hybridized carbons (Fsp3) is 0.941. The Morgan fingerprint density at radius 1 is 1.09 bits per heavy atom. The Balaban J connectivity index is 0.00000484. The first-order valence-corrected chi connectivity index (χ1v) is 8.97. The quantitative estimate of drug-likeness (QED) is 0.225. The summed E-state index contributed by atoms with van der Waals surface area (Å²) in [6, 6.07) is 0. The molecule has 138 valence electrons. The molecular formula is C17H37IN4O. The van der Waals surface area contributed by atoms with E-state index in [-0.39, 0.29) is 24.0 Å². The summed E-state index contributed by atoms with van der Waals surface area (Å²) >= 11 is 0. The number of nitrogens with zero attached hydrogens (tertiary/aromatic N) is 2. The number of hydrogen-bond donors (Lipinski definition) is 2. The van der Waals surface area contributed by atoms with Crippen LogP contribution in [-0.2, 0) is 4.74 Å². The lowest BCUT2D eigenvalue weighted by molar-refractivity contribution is 0.108. The van der Waals surface area contributed by atoms with Crippen LogP contribution in [0.4, 0.5) is 0 Å². The molecule has 0 atom stereocenters. The van der Waals surface area contributed by atoms with E-state index in [1.807, 2.05) is 7.05 Å². The van der Waals surface area contributed by atoms with Crippen LogP contribution < -0.4 is 10.6 Å². The monoisotopic (exact) mass is 440 g/mol. The first kappa shape index (κ1) is 22.9. The Bertz CT molecular complexity index is 294. The van der Waals surface area contributed by atoms with Gasteiger partial charge in [0, 0.05) is 33.4 Å². The summed E-state index contributed by atoms with van der Waals surface area (Å²) in [5, 5.41) is 6.72. The first-order chi connectivity index (χ1) is 10.7. The van der Waals surface area contributed by atoms with Crippen LogP contribution in [0.1, 0.15) is 46.0 Å². The van der Waals surface area contributed by atoms with E-state index in [0.29, 0.717) is 5.92 Å². The number of ether oxygens (including phenoxy) is 1. The highest BCUT2D eigenvalue weighted by Crippen LogP contribution is 2.07. The van der Waals surface area contributed by atoms with Crippen LogP contribution in [-0.4, -0.2) is 63.8 Å². The third-order valence-electron chi connectivity index (χ3n) is 3.82. The van der Waals surface area contributed by atoms with Crippen molar-refractivity contribution in [2.45, 2.75) is 46.0 Å². The molecule has 0 aromatic heterocycles. The van der Waals surface area contributed by atoms with Crippen LogP contribution >= 0.6 is 24.0 Å². The number of rotatable bonds is 11. The maximum Gasteiger partial charge on any atom is 0.190 e. The highest BCUT2D eigenvalue weighted by Gasteiger charge is 2.09. The van der Waals surface area contributed by atoms with Crippen LogP contribution in [0.15, 0.2) is 4.99 Å². The van der Waals surface area contributed by atoms with E-state index in [1.54, 1.807) is 0 Å². The number of hydrogen-bond acceptors (Lipinski definition) is 3. The van der Waals surface area contributed by atoms with Crippen molar-refractivity contribution in [2.24, 2.45) is 10.9 Å². The molecule has 1 aliphatic heterocycles. The topological polar surface area (TPSA) is 48.9 Å². The molecule has 0 spiro atoms. The molecule has 23 heavy (non-hydrogen) atoms. The molecule has 0 aliphatic carbocycles. The molecule has 1 saturated heterocycles. The molecule has 0 aromatic carbocycles.